The standard InChI is InChI=1S/C26H18N2O9S2.2Na/c29-24-18-3-1-2-4-19(18)25(30)23-22(24)20(27-14-5-9-16(10-6-14)38(32,33)34)13-21(26(23)31)28-15-7-11-17(12-8-15)39(35,36)37;;/h1-13,27-28,31H,(H,32,33,34)(H,35,36,37);;. The Bertz CT molecular complexity index is 1890. The average Bonchev–Trinajstić information content (AvgIpc) is 2.88. The van der Waals surface area contributed by atoms with Crippen LogP contribution in [0, 0.1) is 0 Å². The number of carbonyl (C=O) groups is 2. The molecule has 1 aliphatic rings. The zero-order valence-electron chi connectivity index (χ0n) is 21.6. The molecule has 0 bridgehead atoms. The van der Waals surface area contributed by atoms with Crippen LogP contribution in [-0.4, -0.2) is 102 Å². The minimum absolute atomic E-state index is 0. The second-order valence-electron chi connectivity index (χ2n) is 8.52. The second-order valence-corrected chi connectivity index (χ2v) is 11.4. The van der Waals surface area contributed by atoms with Crippen LogP contribution in [0.5, 0.6) is 5.75 Å². The molecule has 5 rings (SSSR count). The van der Waals surface area contributed by atoms with Gasteiger partial charge in [0.25, 0.3) is 20.2 Å². The molecule has 0 spiro atoms. The summed E-state index contributed by atoms with van der Waals surface area (Å²) >= 11 is 0. The molecular weight excluding hydrogens is 594 g/mol. The van der Waals surface area contributed by atoms with Crippen molar-refractivity contribution in [1.82, 2.24) is 0 Å². The number of hydrogen-bond acceptors (Lipinski definition) is 9. The molecule has 0 unspecified atom stereocenters. The van der Waals surface area contributed by atoms with E-state index in [9.17, 15) is 40.6 Å². The van der Waals surface area contributed by atoms with E-state index in [0.717, 1.165) is 24.3 Å². The summed E-state index contributed by atoms with van der Waals surface area (Å²) in [7, 11) is -8.87. The fourth-order valence-electron chi connectivity index (χ4n) is 4.20. The van der Waals surface area contributed by atoms with Gasteiger partial charge in [0.05, 0.1) is 32.3 Å². The van der Waals surface area contributed by atoms with Gasteiger partial charge in [0.2, 0.25) is 0 Å². The molecule has 200 valence electrons. The SMILES string of the molecule is O=C1c2ccccc2C(=O)c2c(O)c(Nc3ccc(S(=O)(=O)O)cc3)cc(Nc3ccc(S(=O)(=O)O)cc3)c21.[Na].[Na]. The number of ketones is 2. The molecular formula is C26H18N2Na2O9S2. The molecule has 4 aromatic carbocycles. The second kappa shape index (κ2) is 12.4. The monoisotopic (exact) mass is 612 g/mol. The van der Waals surface area contributed by atoms with Crippen LogP contribution in [0.15, 0.2) is 88.7 Å². The maximum absolute atomic E-state index is 13.5. The van der Waals surface area contributed by atoms with E-state index < -0.39 is 37.6 Å². The summed E-state index contributed by atoms with van der Waals surface area (Å²) in [5.74, 6) is -1.66. The summed E-state index contributed by atoms with van der Waals surface area (Å²) in [4.78, 5) is 26.2. The Hall–Kier alpha value is -2.56. The minimum atomic E-state index is -4.44. The first kappa shape index (κ1) is 32.9. The maximum Gasteiger partial charge on any atom is 0.294 e. The van der Waals surface area contributed by atoms with Gasteiger partial charge in [0, 0.05) is 81.6 Å². The van der Waals surface area contributed by atoms with E-state index in [1.807, 2.05) is 0 Å². The Labute approximate surface area is 279 Å². The van der Waals surface area contributed by atoms with Gasteiger partial charge in [-0.05, 0) is 54.6 Å². The van der Waals surface area contributed by atoms with Gasteiger partial charge in [0.15, 0.2) is 17.3 Å². The van der Waals surface area contributed by atoms with Crippen molar-refractivity contribution >= 4 is 114 Å². The first-order valence-corrected chi connectivity index (χ1v) is 14.0. The normalized spacial score (nSPS) is 12.3. The number of aromatic hydroxyl groups is 1. The van der Waals surface area contributed by atoms with E-state index in [4.69, 9.17) is 0 Å². The molecule has 0 saturated heterocycles. The zero-order chi connectivity index (χ0) is 28.1. The summed E-state index contributed by atoms with van der Waals surface area (Å²) < 4.78 is 63.9. The fraction of sp³-hybridized carbons (Fsp3) is 0. The van der Waals surface area contributed by atoms with Crippen LogP contribution in [0.3, 0.4) is 0 Å². The average molecular weight is 613 g/mol. The number of hydrogen-bond donors (Lipinski definition) is 5. The summed E-state index contributed by atoms with van der Waals surface area (Å²) in [6.45, 7) is 0. The number of fused-ring (bicyclic) bond motifs is 2. The number of anilines is 4. The molecule has 0 atom stereocenters. The van der Waals surface area contributed by atoms with Crippen LogP contribution in [0.4, 0.5) is 22.7 Å². The largest absolute Gasteiger partial charge is 0.505 e. The summed E-state index contributed by atoms with van der Waals surface area (Å²) in [5, 5.41) is 17.0. The van der Waals surface area contributed by atoms with Crippen LogP contribution in [0.25, 0.3) is 0 Å². The van der Waals surface area contributed by atoms with Gasteiger partial charge in [-0.2, -0.15) is 16.8 Å². The molecule has 4 aromatic rings. The van der Waals surface area contributed by atoms with Crippen molar-refractivity contribution in [3.63, 3.8) is 0 Å². The number of benzene rings is 4. The molecule has 41 heavy (non-hydrogen) atoms. The van der Waals surface area contributed by atoms with E-state index in [2.05, 4.69) is 10.6 Å². The molecule has 0 heterocycles. The summed E-state index contributed by atoms with van der Waals surface area (Å²) in [6.07, 6.45) is 0. The van der Waals surface area contributed by atoms with Crippen LogP contribution in [0.2, 0.25) is 0 Å². The Balaban J connectivity index is 0.00000231. The van der Waals surface area contributed by atoms with Crippen LogP contribution >= 0.6 is 0 Å². The number of phenols is 1. The van der Waals surface area contributed by atoms with Crippen LogP contribution < -0.4 is 10.6 Å². The van der Waals surface area contributed by atoms with Crippen molar-refractivity contribution in [2.24, 2.45) is 0 Å². The van der Waals surface area contributed by atoms with Gasteiger partial charge >= 0.3 is 0 Å². The van der Waals surface area contributed by atoms with Crippen molar-refractivity contribution in [2.45, 2.75) is 9.79 Å². The summed E-state index contributed by atoms with van der Waals surface area (Å²) in [6, 6.07) is 17.4. The first-order valence-electron chi connectivity index (χ1n) is 11.1. The van der Waals surface area contributed by atoms with Gasteiger partial charge < -0.3 is 15.7 Å². The number of nitrogens with one attached hydrogen (secondary N) is 2. The molecule has 0 aliphatic heterocycles. The van der Waals surface area contributed by atoms with E-state index >= 15 is 0 Å². The Morgan fingerprint density at radius 2 is 0.951 bits per heavy atom. The van der Waals surface area contributed by atoms with Crippen molar-refractivity contribution in [1.29, 1.82) is 0 Å². The van der Waals surface area contributed by atoms with Crippen molar-refractivity contribution in [3.05, 3.63) is 101 Å². The number of phenolic OH excluding ortho intramolecular Hbond substituents is 1. The van der Waals surface area contributed by atoms with Crippen molar-refractivity contribution in [3.8, 4) is 5.75 Å². The van der Waals surface area contributed by atoms with Gasteiger partial charge in [-0.25, -0.2) is 0 Å². The zero-order valence-corrected chi connectivity index (χ0v) is 27.2. The molecule has 0 saturated carbocycles. The third-order valence-corrected chi connectivity index (χ3v) is 7.77. The molecule has 2 radical (unpaired) electrons. The predicted molar refractivity (Wildman–Crippen MR) is 152 cm³/mol. The third-order valence-electron chi connectivity index (χ3n) is 6.03. The Kier molecular flexibility index (Phi) is 9.93. The van der Waals surface area contributed by atoms with Gasteiger partial charge in [-0.15, -0.1) is 0 Å². The predicted octanol–water partition coefficient (Wildman–Crippen LogP) is 3.39. The number of rotatable bonds is 6. The minimum Gasteiger partial charge on any atom is -0.505 e. The topological polar surface area (TPSA) is 187 Å². The molecule has 0 amide bonds. The van der Waals surface area contributed by atoms with Gasteiger partial charge in [-0.3, -0.25) is 18.7 Å². The van der Waals surface area contributed by atoms with E-state index in [-0.39, 0.29) is 108 Å². The van der Waals surface area contributed by atoms with E-state index in [1.54, 1.807) is 12.1 Å². The van der Waals surface area contributed by atoms with Gasteiger partial charge in [0.1, 0.15) is 0 Å². The Morgan fingerprint density at radius 1 is 0.561 bits per heavy atom. The summed E-state index contributed by atoms with van der Waals surface area (Å²) in [5.41, 5.74) is 0.550. The molecule has 0 fully saturated rings. The van der Waals surface area contributed by atoms with E-state index in [0.29, 0.717) is 5.69 Å². The molecule has 15 heteroatoms. The third kappa shape index (κ3) is 6.60. The Morgan fingerprint density at radius 3 is 1.37 bits per heavy atom. The van der Waals surface area contributed by atoms with Crippen LogP contribution in [-0.2, 0) is 20.2 Å². The molecule has 11 nitrogen and oxygen atoms in total. The quantitative estimate of drug-likeness (QED) is 0.0819. The van der Waals surface area contributed by atoms with Gasteiger partial charge in [-0.1, -0.05) is 24.3 Å². The maximum atomic E-state index is 13.5. The smallest absolute Gasteiger partial charge is 0.294 e. The number of carbonyl (C=O) groups excluding carboxylic acids is 2. The first-order chi connectivity index (χ1) is 18.3. The molecule has 5 N–H and O–H groups in total. The van der Waals surface area contributed by atoms with Crippen molar-refractivity contribution in [2.75, 3.05) is 10.6 Å². The fourth-order valence-corrected chi connectivity index (χ4v) is 5.16. The van der Waals surface area contributed by atoms with Crippen molar-refractivity contribution < 1.29 is 40.6 Å². The molecule has 0 aromatic heterocycles. The molecule has 1 aliphatic carbocycles. The van der Waals surface area contributed by atoms with Crippen LogP contribution in [0.1, 0.15) is 31.8 Å². The van der Waals surface area contributed by atoms with E-state index in [1.165, 1.54) is 42.5 Å².